The molecule has 1 fully saturated rings. The highest BCUT2D eigenvalue weighted by molar-refractivity contribution is 6.27. The van der Waals surface area contributed by atoms with Gasteiger partial charge in [0.25, 0.3) is 0 Å². The third-order valence-electron chi connectivity index (χ3n) is 2.47. The van der Waals surface area contributed by atoms with Crippen molar-refractivity contribution in [3.05, 3.63) is 0 Å². The lowest BCUT2D eigenvalue weighted by Crippen LogP contribution is -2.30. The van der Waals surface area contributed by atoms with Gasteiger partial charge in [-0.2, -0.15) is 0 Å². The SMILES string of the molecule is CC1CN(C(=O)CCl)CC1CO. The zero-order chi connectivity index (χ0) is 9.14. The maximum atomic E-state index is 11.1. The van der Waals surface area contributed by atoms with Crippen molar-refractivity contribution in [2.45, 2.75) is 6.92 Å². The predicted molar refractivity (Wildman–Crippen MR) is 47.0 cm³/mol. The van der Waals surface area contributed by atoms with Crippen LogP contribution in [0.5, 0.6) is 0 Å². The van der Waals surface area contributed by atoms with Crippen LogP contribution in [0.25, 0.3) is 0 Å². The Kier molecular flexibility index (Phi) is 3.35. The van der Waals surface area contributed by atoms with E-state index in [0.717, 1.165) is 6.54 Å². The average molecular weight is 192 g/mol. The first-order chi connectivity index (χ1) is 5.69. The van der Waals surface area contributed by atoms with Crippen molar-refractivity contribution in [2.24, 2.45) is 11.8 Å². The number of carbonyl (C=O) groups excluding carboxylic acids is 1. The number of aliphatic hydroxyl groups excluding tert-OH is 1. The van der Waals surface area contributed by atoms with Gasteiger partial charge in [-0.25, -0.2) is 0 Å². The maximum Gasteiger partial charge on any atom is 0.237 e. The second-order valence-corrected chi connectivity index (χ2v) is 3.62. The van der Waals surface area contributed by atoms with Crippen LogP contribution < -0.4 is 0 Å². The molecule has 1 aliphatic heterocycles. The zero-order valence-electron chi connectivity index (χ0n) is 7.16. The molecule has 1 N–H and O–H groups in total. The summed E-state index contributed by atoms with van der Waals surface area (Å²) in [4.78, 5) is 12.9. The van der Waals surface area contributed by atoms with Crippen LogP contribution >= 0.6 is 11.6 Å². The Balaban J connectivity index is 2.48. The fourth-order valence-corrected chi connectivity index (χ4v) is 1.73. The molecule has 3 nitrogen and oxygen atoms in total. The quantitative estimate of drug-likeness (QED) is 0.639. The van der Waals surface area contributed by atoms with E-state index in [9.17, 15) is 4.79 Å². The highest BCUT2D eigenvalue weighted by Gasteiger charge is 2.31. The molecule has 0 aromatic heterocycles. The van der Waals surface area contributed by atoms with Crippen LogP contribution in [0.1, 0.15) is 6.92 Å². The van der Waals surface area contributed by atoms with Gasteiger partial charge in [0.15, 0.2) is 0 Å². The summed E-state index contributed by atoms with van der Waals surface area (Å²) in [5.41, 5.74) is 0. The molecular weight excluding hydrogens is 178 g/mol. The van der Waals surface area contributed by atoms with Gasteiger partial charge in [0.05, 0.1) is 0 Å². The Hall–Kier alpha value is -0.280. The second kappa shape index (κ2) is 4.10. The third-order valence-corrected chi connectivity index (χ3v) is 2.70. The highest BCUT2D eigenvalue weighted by Crippen LogP contribution is 2.22. The topological polar surface area (TPSA) is 40.5 Å². The Bertz CT molecular complexity index is 174. The van der Waals surface area contributed by atoms with E-state index < -0.39 is 0 Å². The molecule has 0 bridgehead atoms. The van der Waals surface area contributed by atoms with Crippen molar-refractivity contribution >= 4 is 17.5 Å². The fraction of sp³-hybridized carbons (Fsp3) is 0.875. The molecule has 1 amide bonds. The summed E-state index contributed by atoms with van der Waals surface area (Å²) in [6, 6.07) is 0. The van der Waals surface area contributed by atoms with E-state index in [4.69, 9.17) is 16.7 Å². The lowest BCUT2D eigenvalue weighted by molar-refractivity contribution is -0.127. The van der Waals surface area contributed by atoms with E-state index in [2.05, 4.69) is 0 Å². The molecule has 1 heterocycles. The average Bonchev–Trinajstić information content (AvgIpc) is 2.45. The number of nitrogens with zero attached hydrogens (tertiary/aromatic N) is 1. The molecule has 1 rings (SSSR count). The Morgan fingerprint density at radius 3 is 2.75 bits per heavy atom. The van der Waals surface area contributed by atoms with Gasteiger partial charge >= 0.3 is 0 Å². The van der Waals surface area contributed by atoms with Gasteiger partial charge in [0.2, 0.25) is 5.91 Å². The molecule has 2 unspecified atom stereocenters. The van der Waals surface area contributed by atoms with Gasteiger partial charge in [-0.3, -0.25) is 4.79 Å². The van der Waals surface area contributed by atoms with E-state index in [1.165, 1.54) is 0 Å². The van der Waals surface area contributed by atoms with E-state index in [1.54, 1.807) is 4.90 Å². The molecular formula is C8H14ClNO2. The van der Waals surface area contributed by atoms with Crippen LogP contribution in [0.3, 0.4) is 0 Å². The summed E-state index contributed by atoms with van der Waals surface area (Å²) in [5.74, 6) is 0.643. The van der Waals surface area contributed by atoms with Gasteiger partial charge in [-0.05, 0) is 5.92 Å². The predicted octanol–water partition coefficient (Wildman–Crippen LogP) is 0.312. The summed E-state index contributed by atoms with van der Waals surface area (Å²) in [6.07, 6.45) is 0. The number of aliphatic hydroxyl groups is 1. The molecule has 0 aromatic carbocycles. The van der Waals surface area contributed by atoms with Crippen LogP contribution in [0.15, 0.2) is 0 Å². The molecule has 0 aliphatic carbocycles. The summed E-state index contributed by atoms with van der Waals surface area (Å²) >= 11 is 5.42. The second-order valence-electron chi connectivity index (χ2n) is 3.35. The van der Waals surface area contributed by atoms with Gasteiger partial charge in [0, 0.05) is 25.6 Å². The van der Waals surface area contributed by atoms with Crippen LogP contribution in [0, 0.1) is 11.8 Å². The van der Waals surface area contributed by atoms with E-state index in [-0.39, 0.29) is 24.3 Å². The van der Waals surface area contributed by atoms with Gasteiger partial charge in [0.1, 0.15) is 5.88 Å². The Morgan fingerprint density at radius 1 is 1.67 bits per heavy atom. The first-order valence-corrected chi connectivity index (χ1v) is 4.67. The lowest BCUT2D eigenvalue weighted by atomic mass is 10.00. The normalized spacial score (nSPS) is 29.4. The number of alkyl halides is 1. The molecule has 1 saturated heterocycles. The molecule has 12 heavy (non-hydrogen) atoms. The van der Waals surface area contributed by atoms with Gasteiger partial charge in [-0.1, -0.05) is 6.92 Å². The number of likely N-dealkylation sites (tertiary alicyclic amines) is 1. The van der Waals surface area contributed by atoms with Crippen molar-refractivity contribution < 1.29 is 9.90 Å². The minimum absolute atomic E-state index is 0.0283. The van der Waals surface area contributed by atoms with Crippen molar-refractivity contribution in [3.8, 4) is 0 Å². The number of amides is 1. The molecule has 4 heteroatoms. The Labute approximate surface area is 77.3 Å². The largest absolute Gasteiger partial charge is 0.396 e. The van der Waals surface area contributed by atoms with E-state index >= 15 is 0 Å². The first kappa shape index (κ1) is 9.81. The number of hydrogen-bond donors (Lipinski definition) is 1. The molecule has 0 spiro atoms. The minimum Gasteiger partial charge on any atom is -0.396 e. The molecule has 0 aromatic rings. The van der Waals surface area contributed by atoms with Crippen LogP contribution in [0.2, 0.25) is 0 Å². The van der Waals surface area contributed by atoms with Gasteiger partial charge in [-0.15, -0.1) is 11.6 Å². The summed E-state index contributed by atoms with van der Waals surface area (Å²) < 4.78 is 0. The molecule has 2 atom stereocenters. The van der Waals surface area contributed by atoms with Crippen molar-refractivity contribution in [3.63, 3.8) is 0 Å². The van der Waals surface area contributed by atoms with Crippen LogP contribution in [-0.2, 0) is 4.79 Å². The standard InChI is InChI=1S/C8H14ClNO2/c1-6-3-10(8(12)2-9)4-7(6)5-11/h6-7,11H,2-5H2,1H3. The first-order valence-electron chi connectivity index (χ1n) is 4.13. The number of carbonyl (C=O) groups is 1. The van der Waals surface area contributed by atoms with Crippen LogP contribution in [0.4, 0.5) is 0 Å². The maximum absolute atomic E-state index is 11.1. The lowest BCUT2D eigenvalue weighted by Gasteiger charge is -2.13. The summed E-state index contributed by atoms with van der Waals surface area (Å²) in [6.45, 7) is 3.59. The third kappa shape index (κ3) is 1.90. The molecule has 0 saturated carbocycles. The number of hydrogen-bond acceptors (Lipinski definition) is 2. The minimum atomic E-state index is -0.0283. The fourth-order valence-electron chi connectivity index (χ4n) is 1.56. The van der Waals surface area contributed by atoms with Gasteiger partial charge < -0.3 is 10.0 Å². The summed E-state index contributed by atoms with van der Waals surface area (Å²) in [7, 11) is 0. The monoisotopic (exact) mass is 191 g/mol. The van der Waals surface area contributed by atoms with Crippen molar-refractivity contribution in [2.75, 3.05) is 25.6 Å². The van der Waals surface area contributed by atoms with Crippen LogP contribution in [-0.4, -0.2) is 41.5 Å². The number of halogens is 1. The zero-order valence-corrected chi connectivity index (χ0v) is 7.92. The smallest absolute Gasteiger partial charge is 0.237 e. The molecule has 0 radical (unpaired) electrons. The Morgan fingerprint density at radius 2 is 2.33 bits per heavy atom. The molecule has 1 aliphatic rings. The highest BCUT2D eigenvalue weighted by atomic mass is 35.5. The number of rotatable bonds is 2. The summed E-state index contributed by atoms with van der Waals surface area (Å²) in [5, 5.41) is 8.94. The van der Waals surface area contributed by atoms with Crippen molar-refractivity contribution in [1.82, 2.24) is 4.90 Å². The van der Waals surface area contributed by atoms with E-state index in [1.807, 2.05) is 6.92 Å². The molecule has 70 valence electrons. The van der Waals surface area contributed by atoms with E-state index in [0.29, 0.717) is 12.5 Å². The van der Waals surface area contributed by atoms with Crippen molar-refractivity contribution in [1.29, 1.82) is 0 Å².